The predicted molar refractivity (Wildman–Crippen MR) is 119 cm³/mol. The van der Waals surface area contributed by atoms with Gasteiger partial charge < -0.3 is 0 Å². The quantitative estimate of drug-likeness (QED) is 0.257. The van der Waals surface area contributed by atoms with Crippen molar-refractivity contribution < 1.29 is 0 Å². The van der Waals surface area contributed by atoms with Gasteiger partial charge in [-0.25, -0.2) is 0 Å². The van der Waals surface area contributed by atoms with E-state index >= 15 is 0 Å². The van der Waals surface area contributed by atoms with Gasteiger partial charge in [0.2, 0.25) is 0 Å². The molecule has 29 heavy (non-hydrogen) atoms. The van der Waals surface area contributed by atoms with E-state index in [2.05, 4.69) is 20.4 Å². The molecule has 0 bridgehead atoms. The smallest absolute Gasteiger partial charge is 0.139 e. The molecule has 0 aliphatic carbocycles. The standard InChI is InChI=1S/C19H16Cl2N6S2/c20-14-4-1-6-16(10-14)26-22-12-18(24-26)28-8-3-9-29-19-13-23-27(25-19)17-7-2-5-15(21)11-17/h1-2,4-7,10-13H,3,8-9H2. The average molecular weight is 463 g/mol. The summed E-state index contributed by atoms with van der Waals surface area (Å²) >= 11 is 15.4. The molecule has 2 aromatic heterocycles. The molecule has 0 radical (unpaired) electrons. The number of aromatic nitrogens is 6. The minimum atomic E-state index is 0.665. The van der Waals surface area contributed by atoms with Crippen molar-refractivity contribution in [3.63, 3.8) is 0 Å². The highest BCUT2D eigenvalue weighted by atomic mass is 35.5. The van der Waals surface area contributed by atoms with Crippen LogP contribution in [0.25, 0.3) is 11.4 Å². The predicted octanol–water partition coefficient (Wildman–Crippen LogP) is 5.43. The molecule has 0 aliphatic heterocycles. The molecule has 0 atom stereocenters. The summed E-state index contributed by atoms with van der Waals surface area (Å²) in [6.07, 6.45) is 4.56. The van der Waals surface area contributed by atoms with E-state index in [9.17, 15) is 0 Å². The number of rotatable bonds is 8. The summed E-state index contributed by atoms with van der Waals surface area (Å²) in [4.78, 5) is 3.19. The molecular formula is C19H16Cl2N6S2. The highest BCUT2D eigenvalue weighted by Crippen LogP contribution is 2.21. The SMILES string of the molecule is Clc1cccc(-n2ncc(SCCCSc3cnn(-c4cccc(Cl)c4)n3)n2)c1. The Hall–Kier alpha value is -2.00. The van der Waals surface area contributed by atoms with Gasteiger partial charge in [0.25, 0.3) is 0 Å². The monoisotopic (exact) mass is 462 g/mol. The van der Waals surface area contributed by atoms with Crippen LogP contribution in [-0.4, -0.2) is 41.5 Å². The van der Waals surface area contributed by atoms with Gasteiger partial charge in [0.1, 0.15) is 10.1 Å². The molecule has 6 nitrogen and oxygen atoms in total. The number of hydrogen-bond donors (Lipinski definition) is 0. The topological polar surface area (TPSA) is 61.4 Å². The van der Waals surface area contributed by atoms with E-state index in [1.54, 1.807) is 45.5 Å². The first-order chi connectivity index (χ1) is 14.2. The Balaban J connectivity index is 1.23. The summed E-state index contributed by atoms with van der Waals surface area (Å²) in [5, 5.41) is 20.7. The van der Waals surface area contributed by atoms with Crippen LogP contribution in [0.15, 0.2) is 71.0 Å². The van der Waals surface area contributed by atoms with Crippen LogP contribution in [-0.2, 0) is 0 Å². The molecule has 4 rings (SSSR count). The van der Waals surface area contributed by atoms with Gasteiger partial charge in [-0.15, -0.1) is 33.7 Å². The Bertz CT molecular complexity index is 1010. The van der Waals surface area contributed by atoms with Crippen molar-refractivity contribution in [1.82, 2.24) is 30.0 Å². The molecule has 0 saturated heterocycles. The zero-order valence-corrected chi connectivity index (χ0v) is 18.3. The van der Waals surface area contributed by atoms with E-state index < -0.39 is 0 Å². The molecule has 10 heteroatoms. The first-order valence-corrected chi connectivity index (χ1v) is 11.5. The fourth-order valence-corrected chi connectivity index (χ4v) is 4.55. The molecule has 0 amide bonds. The summed E-state index contributed by atoms with van der Waals surface area (Å²) in [5.74, 6) is 1.90. The van der Waals surface area contributed by atoms with Gasteiger partial charge in [-0.2, -0.15) is 19.8 Å². The zero-order valence-electron chi connectivity index (χ0n) is 15.2. The van der Waals surface area contributed by atoms with E-state index in [4.69, 9.17) is 23.2 Å². The molecule has 0 fully saturated rings. The molecule has 4 aromatic rings. The lowest BCUT2D eigenvalue weighted by molar-refractivity contribution is 0.734. The van der Waals surface area contributed by atoms with Gasteiger partial charge in [-0.3, -0.25) is 0 Å². The largest absolute Gasteiger partial charge is 0.156 e. The minimum Gasteiger partial charge on any atom is -0.156 e. The fourth-order valence-electron chi connectivity index (χ4n) is 2.49. The van der Waals surface area contributed by atoms with Crippen molar-refractivity contribution in [2.75, 3.05) is 11.5 Å². The van der Waals surface area contributed by atoms with Crippen LogP contribution in [0.2, 0.25) is 10.0 Å². The minimum absolute atomic E-state index is 0.665. The van der Waals surface area contributed by atoms with E-state index in [0.29, 0.717) is 10.0 Å². The number of thioether (sulfide) groups is 2. The lowest BCUT2D eigenvalue weighted by Gasteiger charge is -2.00. The third kappa shape index (κ3) is 5.54. The van der Waals surface area contributed by atoms with Crippen molar-refractivity contribution >= 4 is 46.7 Å². The van der Waals surface area contributed by atoms with E-state index in [1.807, 2.05) is 48.5 Å². The van der Waals surface area contributed by atoms with Crippen LogP contribution in [0.4, 0.5) is 0 Å². The van der Waals surface area contributed by atoms with E-state index in [1.165, 1.54) is 0 Å². The van der Waals surface area contributed by atoms with Crippen LogP contribution >= 0.6 is 46.7 Å². The third-order valence-corrected chi connectivity index (χ3v) is 6.23. The normalized spacial score (nSPS) is 11.1. The maximum atomic E-state index is 6.02. The second-order valence-corrected chi connectivity index (χ2v) is 9.06. The molecule has 2 aromatic carbocycles. The lowest BCUT2D eigenvalue weighted by atomic mass is 10.3. The van der Waals surface area contributed by atoms with Gasteiger partial charge >= 0.3 is 0 Å². The Labute approximate surface area is 186 Å². The van der Waals surface area contributed by atoms with Crippen molar-refractivity contribution in [3.8, 4) is 11.4 Å². The van der Waals surface area contributed by atoms with Gasteiger partial charge in [-0.05, 0) is 42.8 Å². The van der Waals surface area contributed by atoms with Crippen LogP contribution in [0, 0.1) is 0 Å². The number of halogens is 2. The molecule has 0 aliphatic rings. The number of hydrogen-bond acceptors (Lipinski definition) is 6. The third-order valence-electron chi connectivity index (χ3n) is 3.81. The van der Waals surface area contributed by atoms with Gasteiger partial charge in [0, 0.05) is 21.6 Å². The van der Waals surface area contributed by atoms with Crippen molar-refractivity contribution in [3.05, 3.63) is 71.0 Å². The molecule has 148 valence electrons. The highest BCUT2D eigenvalue weighted by Gasteiger charge is 2.06. The zero-order chi connectivity index (χ0) is 20.1. The van der Waals surface area contributed by atoms with Crippen molar-refractivity contribution in [2.45, 2.75) is 16.5 Å². The maximum Gasteiger partial charge on any atom is 0.139 e. The van der Waals surface area contributed by atoms with Gasteiger partial charge in [0.15, 0.2) is 0 Å². The average Bonchev–Trinajstić information content (AvgIpc) is 3.38. The Morgan fingerprint density at radius 2 is 1.21 bits per heavy atom. The molecule has 0 N–H and O–H groups in total. The summed E-state index contributed by atoms with van der Waals surface area (Å²) < 4.78 is 0. The number of benzene rings is 2. The van der Waals surface area contributed by atoms with E-state index in [0.717, 1.165) is 39.4 Å². The molecule has 0 saturated carbocycles. The maximum absolute atomic E-state index is 6.02. The second kappa shape index (κ2) is 9.67. The first-order valence-electron chi connectivity index (χ1n) is 8.79. The van der Waals surface area contributed by atoms with Crippen LogP contribution < -0.4 is 0 Å². The molecule has 0 spiro atoms. The summed E-state index contributed by atoms with van der Waals surface area (Å²) in [6, 6.07) is 14.9. The van der Waals surface area contributed by atoms with Crippen molar-refractivity contribution in [2.24, 2.45) is 0 Å². The Kier molecular flexibility index (Phi) is 6.76. The Morgan fingerprint density at radius 1 is 0.724 bits per heavy atom. The van der Waals surface area contributed by atoms with E-state index in [-0.39, 0.29) is 0 Å². The summed E-state index contributed by atoms with van der Waals surface area (Å²) in [6.45, 7) is 0. The second-order valence-electron chi connectivity index (χ2n) is 5.95. The van der Waals surface area contributed by atoms with Crippen LogP contribution in [0.3, 0.4) is 0 Å². The van der Waals surface area contributed by atoms with Gasteiger partial charge in [-0.1, -0.05) is 35.3 Å². The molecule has 0 unspecified atom stereocenters. The fraction of sp³-hybridized carbons (Fsp3) is 0.158. The van der Waals surface area contributed by atoms with Crippen molar-refractivity contribution in [1.29, 1.82) is 0 Å². The lowest BCUT2D eigenvalue weighted by Crippen LogP contribution is -1.98. The molecule has 2 heterocycles. The highest BCUT2D eigenvalue weighted by molar-refractivity contribution is 8.00. The number of nitrogens with zero attached hydrogens (tertiary/aromatic N) is 6. The first kappa shape index (κ1) is 20.3. The molecular weight excluding hydrogens is 447 g/mol. The van der Waals surface area contributed by atoms with Gasteiger partial charge in [0.05, 0.1) is 23.8 Å². The summed E-state index contributed by atoms with van der Waals surface area (Å²) in [5.41, 5.74) is 1.70. The van der Waals surface area contributed by atoms with Crippen LogP contribution in [0.5, 0.6) is 0 Å². The summed E-state index contributed by atoms with van der Waals surface area (Å²) in [7, 11) is 0. The van der Waals surface area contributed by atoms with Crippen LogP contribution in [0.1, 0.15) is 6.42 Å². The Morgan fingerprint density at radius 3 is 1.66 bits per heavy atom.